The van der Waals surface area contributed by atoms with Crippen molar-refractivity contribution >= 4 is 11.6 Å². The zero-order chi connectivity index (χ0) is 12.1. The van der Waals surface area contributed by atoms with Crippen molar-refractivity contribution in [1.82, 2.24) is 15.2 Å². The van der Waals surface area contributed by atoms with Crippen LogP contribution < -0.4 is 5.32 Å². The van der Waals surface area contributed by atoms with Gasteiger partial charge in [0.1, 0.15) is 0 Å². The van der Waals surface area contributed by atoms with E-state index in [4.69, 9.17) is 16.3 Å². The van der Waals surface area contributed by atoms with E-state index in [0.717, 1.165) is 38.3 Å². The van der Waals surface area contributed by atoms with Gasteiger partial charge < -0.3 is 15.0 Å². The number of rotatable bonds is 4. The third-order valence-electron chi connectivity index (χ3n) is 2.89. The highest BCUT2D eigenvalue weighted by Gasteiger charge is 2.16. The standard InChI is InChI=1S/C12H18ClN3O/c1-16-4-5-17-11(9-16)7-15-6-10-2-3-14-8-12(10)13/h2-3,8,11,15H,4-7,9H2,1H3. The highest BCUT2D eigenvalue weighted by molar-refractivity contribution is 6.31. The Hall–Kier alpha value is -0.680. The summed E-state index contributed by atoms with van der Waals surface area (Å²) in [6.07, 6.45) is 3.70. The van der Waals surface area contributed by atoms with Crippen molar-refractivity contribution in [2.45, 2.75) is 12.6 Å². The molecule has 1 fully saturated rings. The van der Waals surface area contributed by atoms with Crippen molar-refractivity contribution in [2.75, 3.05) is 33.3 Å². The van der Waals surface area contributed by atoms with E-state index in [-0.39, 0.29) is 6.10 Å². The van der Waals surface area contributed by atoms with Gasteiger partial charge in [-0.2, -0.15) is 0 Å². The van der Waals surface area contributed by atoms with Crippen LogP contribution in [0.3, 0.4) is 0 Å². The molecule has 0 aliphatic carbocycles. The van der Waals surface area contributed by atoms with Crippen molar-refractivity contribution < 1.29 is 4.74 Å². The first-order valence-corrected chi connectivity index (χ1v) is 6.23. The van der Waals surface area contributed by atoms with Gasteiger partial charge in [-0.1, -0.05) is 11.6 Å². The molecule has 1 unspecified atom stereocenters. The fourth-order valence-electron chi connectivity index (χ4n) is 1.91. The first-order chi connectivity index (χ1) is 8.25. The molecule has 5 heteroatoms. The van der Waals surface area contributed by atoms with Crippen molar-refractivity contribution in [2.24, 2.45) is 0 Å². The van der Waals surface area contributed by atoms with Gasteiger partial charge >= 0.3 is 0 Å². The van der Waals surface area contributed by atoms with E-state index in [2.05, 4.69) is 22.2 Å². The van der Waals surface area contributed by atoms with Crippen LogP contribution in [-0.4, -0.2) is 49.3 Å². The van der Waals surface area contributed by atoms with Crippen LogP contribution >= 0.6 is 11.6 Å². The molecule has 0 bridgehead atoms. The Kier molecular flexibility index (Phi) is 4.74. The SMILES string of the molecule is CN1CCOC(CNCc2ccncc2Cl)C1. The molecule has 1 atom stereocenters. The summed E-state index contributed by atoms with van der Waals surface area (Å²) in [5, 5.41) is 4.08. The highest BCUT2D eigenvalue weighted by atomic mass is 35.5. The molecule has 2 heterocycles. The highest BCUT2D eigenvalue weighted by Crippen LogP contribution is 2.12. The van der Waals surface area contributed by atoms with Gasteiger partial charge in [0, 0.05) is 38.6 Å². The number of nitrogens with one attached hydrogen (secondary N) is 1. The first kappa shape index (κ1) is 12.8. The number of likely N-dealkylation sites (N-methyl/N-ethyl adjacent to an activating group) is 1. The Morgan fingerprint density at radius 1 is 1.65 bits per heavy atom. The number of pyridine rings is 1. The van der Waals surface area contributed by atoms with E-state index in [9.17, 15) is 0 Å². The third kappa shape index (κ3) is 3.92. The molecular formula is C12H18ClN3O. The summed E-state index contributed by atoms with van der Waals surface area (Å²) in [6.45, 7) is 4.43. The van der Waals surface area contributed by atoms with E-state index in [0.29, 0.717) is 5.02 Å². The zero-order valence-corrected chi connectivity index (χ0v) is 10.8. The summed E-state index contributed by atoms with van der Waals surface area (Å²) in [7, 11) is 2.12. The molecule has 1 aromatic heterocycles. The number of hydrogen-bond acceptors (Lipinski definition) is 4. The second-order valence-electron chi connectivity index (χ2n) is 4.35. The van der Waals surface area contributed by atoms with Gasteiger partial charge in [0.15, 0.2) is 0 Å². The van der Waals surface area contributed by atoms with Crippen molar-refractivity contribution in [3.8, 4) is 0 Å². The van der Waals surface area contributed by atoms with Crippen LogP contribution in [0.1, 0.15) is 5.56 Å². The van der Waals surface area contributed by atoms with Crippen LogP contribution in [0, 0.1) is 0 Å². The lowest BCUT2D eigenvalue weighted by Gasteiger charge is -2.30. The lowest BCUT2D eigenvalue weighted by molar-refractivity contribution is -0.0182. The lowest BCUT2D eigenvalue weighted by atomic mass is 10.2. The zero-order valence-electron chi connectivity index (χ0n) is 10.0. The number of ether oxygens (including phenoxy) is 1. The Bertz CT molecular complexity index is 361. The van der Waals surface area contributed by atoms with Crippen molar-refractivity contribution in [3.05, 3.63) is 29.0 Å². The van der Waals surface area contributed by atoms with Crippen LogP contribution in [0.25, 0.3) is 0 Å². The van der Waals surface area contributed by atoms with Gasteiger partial charge in [0.2, 0.25) is 0 Å². The summed E-state index contributed by atoms with van der Waals surface area (Å²) >= 11 is 6.03. The Balaban J connectivity index is 1.74. The van der Waals surface area contributed by atoms with Crippen LogP contribution in [0.4, 0.5) is 0 Å². The van der Waals surface area contributed by atoms with E-state index in [1.807, 2.05) is 6.07 Å². The van der Waals surface area contributed by atoms with E-state index >= 15 is 0 Å². The molecular weight excluding hydrogens is 238 g/mol. The Labute approximate surface area is 107 Å². The first-order valence-electron chi connectivity index (χ1n) is 5.85. The van der Waals surface area contributed by atoms with Crippen molar-refractivity contribution in [1.29, 1.82) is 0 Å². The molecule has 0 aromatic carbocycles. The van der Waals surface area contributed by atoms with Crippen LogP contribution in [-0.2, 0) is 11.3 Å². The smallest absolute Gasteiger partial charge is 0.0826 e. The molecule has 1 N–H and O–H groups in total. The van der Waals surface area contributed by atoms with Gasteiger partial charge in [0.05, 0.1) is 17.7 Å². The number of morpholine rings is 1. The van der Waals surface area contributed by atoms with Crippen LogP contribution in [0.15, 0.2) is 18.5 Å². The molecule has 2 rings (SSSR count). The molecule has 17 heavy (non-hydrogen) atoms. The minimum absolute atomic E-state index is 0.273. The monoisotopic (exact) mass is 255 g/mol. The van der Waals surface area contributed by atoms with Gasteiger partial charge in [-0.05, 0) is 18.7 Å². The van der Waals surface area contributed by atoms with Crippen molar-refractivity contribution in [3.63, 3.8) is 0 Å². The van der Waals surface area contributed by atoms with Gasteiger partial charge in [-0.15, -0.1) is 0 Å². The van der Waals surface area contributed by atoms with Gasteiger partial charge in [-0.3, -0.25) is 4.98 Å². The largest absolute Gasteiger partial charge is 0.374 e. The van der Waals surface area contributed by atoms with Gasteiger partial charge in [0.25, 0.3) is 0 Å². The minimum Gasteiger partial charge on any atom is -0.374 e. The quantitative estimate of drug-likeness (QED) is 0.876. The summed E-state index contributed by atoms with van der Waals surface area (Å²) in [5.41, 5.74) is 1.07. The average Bonchev–Trinajstić information content (AvgIpc) is 2.32. The summed E-state index contributed by atoms with van der Waals surface area (Å²) in [4.78, 5) is 6.25. The third-order valence-corrected chi connectivity index (χ3v) is 3.23. The predicted molar refractivity (Wildman–Crippen MR) is 68.2 cm³/mol. The lowest BCUT2D eigenvalue weighted by Crippen LogP contribution is -2.44. The number of nitrogens with zero attached hydrogens (tertiary/aromatic N) is 2. The maximum absolute atomic E-state index is 6.03. The average molecular weight is 256 g/mol. The fraction of sp³-hybridized carbons (Fsp3) is 0.583. The Morgan fingerprint density at radius 2 is 2.53 bits per heavy atom. The molecule has 0 spiro atoms. The molecule has 94 valence electrons. The molecule has 1 aliphatic heterocycles. The molecule has 0 saturated carbocycles. The Morgan fingerprint density at radius 3 is 3.29 bits per heavy atom. The molecule has 1 saturated heterocycles. The van der Waals surface area contributed by atoms with Gasteiger partial charge in [-0.25, -0.2) is 0 Å². The van der Waals surface area contributed by atoms with E-state index in [1.54, 1.807) is 12.4 Å². The summed E-state index contributed by atoms with van der Waals surface area (Å²) in [5.74, 6) is 0. The normalized spacial score (nSPS) is 21.6. The van der Waals surface area contributed by atoms with E-state index < -0.39 is 0 Å². The van der Waals surface area contributed by atoms with E-state index in [1.165, 1.54) is 0 Å². The molecule has 0 amide bonds. The predicted octanol–water partition coefficient (Wildman–Crippen LogP) is 1.16. The summed E-state index contributed by atoms with van der Waals surface area (Å²) in [6, 6.07) is 1.93. The second-order valence-corrected chi connectivity index (χ2v) is 4.76. The number of hydrogen-bond donors (Lipinski definition) is 1. The van der Waals surface area contributed by atoms with Crippen LogP contribution in [0.2, 0.25) is 5.02 Å². The molecule has 1 aliphatic rings. The maximum atomic E-state index is 6.03. The fourth-order valence-corrected chi connectivity index (χ4v) is 2.09. The number of halogens is 1. The molecule has 1 aromatic rings. The second kappa shape index (κ2) is 6.31. The van der Waals surface area contributed by atoms with Crippen LogP contribution in [0.5, 0.6) is 0 Å². The number of aromatic nitrogens is 1. The minimum atomic E-state index is 0.273. The topological polar surface area (TPSA) is 37.4 Å². The molecule has 0 radical (unpaired) electrons. The molecule has 4 nitrogen and oxygen atoms in total. The summed E-state index contributed by atoms with van der Waals surface area (Å²) < 4.78 is 5.67. The maximum Gasteiger partial charge on any atom is 0.0826 e.